The van der Waals surface area contributed by atoms with Gasteiger partial charge in [-0.05, 0) is 41.8 Å². The molecule has 0 spiro atoms. The first kappa shape index (κ1) is 14.0. The Kier molecular flexibility index (Phi) is 4.66. The third-order valence-corrected chi connectivity index (χ3v) is 2.93. The van der Waals surface area contributed by atoms with Crippen LogP contribution in [0.25, 0.3) is 12.2 Å². The normalized spacial score (nSPS) is 10.7. The van der Waals surface area contributed by atoms with Crippen molar-refractivity contribution in [2.24, 2.45) is 0 Å². The molecule has 0 aliphatic heterocycles. The summed E-state index contributed by atoms with van der Waals surface area (Å²) in [4.78, 5) is 15.3. The molecule has 0 aliphatic carbocycles. The highest BCUT2D eigenvalue weighted by Gasteiger charge is 1.95. The number of aryl methyl sites for hydroxylation is 1. The predicted molar refractivity (Wildman–Crippen MR) is 83.3 cm³/mol. The number of anilines is 1. The smallest absolute Gasteiger partial charge is 0.221 e. The maximum atomic E-state index is 10.9. The van der Waals surface area contributed by atoms with Crippen molar-refractivity contribution < 1.29 is 4.79 Å². The molecule has 0 saturated carbocycles. The van der Waals surface area contributed by atoms with Gasteiger partial charge in [0.05, 0.1) is 5.69 Å². The van der Waals surface area contributed by atoms with Gasteiger partial charge in [-0.3, -0.25) is 9.78 Å². The van der Waals surface area contributed by atoms with Crippen LogP contribution in [0.15, 0.2) is 42.6 Å². The first-order valence-corrected chi connectivity index (χ1v) is 6.68. The second-order valence-corrected chi connectivity index (χ2v) is 4.58. The average molecular weight is 266 g/mol. The van der Waals surface area contributed by atoms with Gasteiger partial charge in [0.2, 0.25) is 5.91 Å². The summed E-state index contributed by atoms with van der Waals surface area (Å²) in [7, 11) is 0. The lowest BCUT2D eigenvalue weighted by Gasteiger charge is -2.01. The Morgan fingerprint density at radius 1 is 1.15 bits per heavy atom. The van der Waals surface area contributed by atoms with E-state index < -0.39 is 0 Å². The van der Waals surface area contributed by atoms with Crippen molar-refractivity contribution in [3.63, 3.8) is 0 Å². The van der Waals surface area contributed by atoms with Gasteiger partial charge in [-0.15, -0.1) is 0 Å². The molecular formula is C17H18N2O. The summed E-state index contributed by atoms with van der Waals surface area (Å²) in [5, 5.41) is 2.74. The summed E-state index contributed by atoms with van der Waals surface area (Å²) < 4.78 is 0. The van der Waals surface area contributed by atoms with Crippen LogP contribution in [-0.4, -0.2) is 10.9 Å². The van der Waals surface area contributed by atoms with E-state index in [0.29, 0.717) is 0 Å². The van der Waals surface area contributed by atoms with Crippen molar-refractivity contribution in [2.75, 3.05) is 5.32 Å². The van der Waals surface area contributed by atoms with Gasteiger partial charge in [0, 0.05) is 18.8 Å². The van der Waals surface area contributed by atoms with Crippen LogP contribution < -0.4 is 5.32 Å². The van der Waals surface area contributed by atoms with Crippen LogP contribution in [0.3, 0.4) is 0 Å². The second kappa shape index (κ2) is 6.66. The number of hydrogen-bond acceptors (Lipinski definition) is 2. The Balaban J connectivity index is 2.04. The minimum absolute atomic E-state index is 0.0616. The van der Waals surface area contributed by atoms with Gasteiger partial charge in [-0.2, -0.15) is 0 Å². The number of nitrogens with one attached hydrogen (secondary N) is 1. The Labute approximate surface area is 119 Å². The van der Waals surface area contributed by atoms with Crippen molar-refractivity contribution in [3.05, 3.63) is 59.4 Å². The zero-order valence-corrected chi connectivity index (χ0v) is 11.8. The molecule has 1 amide bonds. The summed E-state index contributed by atoms with van der Waals surface area (Å²) in [6.07, 6.45) is 6.89. The van der Waals surface area contributed by atoms with Crippen molar-refractivity contribution in [1.29, 1.82) is 0 Å². The Morgan fingerprint density at radius 2 is 1.90 bits per heavy atom. The molecule has 2 aromatic rings. The number of benzene rings is 1. The quantitative estimate of drug-likeness (QED) is 0.915. The lowest BCUT2D eigenvalue weighted by atomic mass is 10.1. The molecule has 1 aromatic heterocycles. The van der Waals surface area contributed by atoms with Crippen LogP contribution in [0, 0.1) is 0 Å². The molecule has 0 aliphatic rings. The van der Waals surface area contributed by atoms with Gasteiger partial charge >= 0.3 is 0 Å². The van der Waals surface area contributed by atoms with Crippen molar-refractivity contribution in [3.8, 4) is 0 Å². The summed E-state index contributed by atoms with van der Waals surface area (Å²) in [6.45, 7) is 3.61. The summed E-state index contributed by atoms with van der Waals surface area (Å²) in [5.74, 6) is -0.0616. The molecule has 2 rings (SSSR count). The molecule has 0 bridgehead atoms. The van der Waals surface area contributed by atoms with E-state index in [1.165, 1.54) is 12.5 Å². The van der Waals surface area contributed by atoms with E-state index in [1.54, 1.807) is 0 Å². The van der Waals surface area contributed by atoms with E-state index in [9.17, 15) is 4.79 Å². The third kappa shape index (κ3) is 4.05. The van der Waals surface area contributed by atoms with Gasteiger partial charge in [-0.1, -0.05) is 31.2 Å². The zero-order valence-electron chi connectivity index (χ0n) is 11.8. The Hall–Kier alpha value is -2.42. The van der Waals surface area contributed by atoms with Gasteiger partial charge < -0.3 is 5.32 Å². The first-order valence-electron chi connectivity index (χ1n) is 6.68. The standard InChI is InChI=1S/C17H18N2O/c1-3-14-4-8-16(18-12-14)9-5-15-6-10-17(11-7-15)19-13(2)20/h4-12H,3H2,1-2H3,(H,19,20)/b9-5+. The molecule has 0 fully saturated rings. The van der Waals surface area contributed by atoms with E-state index in [4.69, 9.17) is 0 Å². The highest BCUT2D eigenvalue weighted by Crippen LogP contribution is 2.12. The molecule has 0 atom stereocenters. The fourth-order valence-corrected chi connectivity index (χ4v) is 1.81. The molecule has 1 aromatic carbocycles. The van der Waals surface area contributed by atoms with Crippen molar-refractivity contribution in [2.45, 2.75) is 20.3 Å². The number of carbonyl (C=O) groups excluding carboxylic acids is 1. The van der Waals surface area contributed by atoms with Crippen LogP contribution >= 0.6 is 0 Å². The number of pyridine rings is 1. The maximum Gasteiger partial charge on any atom is 0.221 e. The van der Waals surface area contributed by atoms with Crippen LogP contribution in [0.2, 0.25) is 0 Å². The molecular weight excluding hydrogens is 248 g/mol. The van der Waals surface area contributed by atoms with Gasteiger partial charge in [0.1, 0.15) is 0 Å². The molecule has 102 valence electrons. The van der Waals surface area contributed by atoms with E-state index in [0.717, 1.165) is 23.4 Å². The summed E-state index contributed by atoms with van der Waals surface area (Å²) >= 11 is 0. The largest absolute Gasteiger partial charge is 0.326 e. The molecule has 1 N–H and O–H groups in total. The highest BCUT2D eigenvalue weighted by molar-refractivity contribution is 5.88. The molecule has 20 heavy (non-hydrogen) atoms. The van der Waals surface area contributed by atoms with Gasteiger partial charge in [0.15, 0.2) is 0 Å². The summed E-state index contributed by atoms with van der Waals surface area (Å²) in [6, 6.07) is 11.8. The van der Waals surface area contributed by atoms with Gasteiger partial charge in [-0.25, -0.2) is 0 Å². The fraction of sp³-hybridized carbons (Fsp3) is 0.176. The van der Waals surface area contributed by atoms with Crippen molar-refractivity contribution in [1.82, 2.24) is 4.98 Å². The zero-order chi connectivity index (χ0) is 14.4. The SMILES string of the molecule is CCc1ccc(/C=C/c2ccc(NC(C)=O)cc2)nc1. The van der Waals surface area contributed by atoms with Gasteiger partial charge in [0.25, 0.3) is 0 Å². The molecule has 3 nitrogen and oxygen atoms in total. The number of nitrogens with zero attached hydrogens (tertiary/aromatic N) is 1. The van der Waals surface area contributed by atoms with E-state index in [1.807, 2.05) is 48.7 Å². The maximum absolute atomic E-state index is 10.9. The Bertz CT molecular complexity index is 598. The molecule has 0 saturated heterocycles. The van der Waals surface area contributed by atoms with Crippen LogP contribution in [0.5, 0.6) is 0 Å². The monoisotopic (exact) mass is 266 g/mol. The van der Waals surface area contributed by atoms with Crippen molar-refractivity contribution >= 4 is 23.7 Å². The first-order chi connectivity index (χ1) is 9.67. The van der Waals surface area contributed by atoms with E-state index >= 15 is 0 Å². The third-order valence-electron chi connectivity index (χ3n) is 2.93. The number of amides is 1. The van der Waals surface area contributed by atoms with E-state index in [-0.39, 0.29) is 5.91 Å². The molecule has 0 radical (unpaired) electrons. The van der Waals surface area contributed by atoms with Crippen LogP contribution in [0.1, 0.15) is 30.7 Å². The van der Waals surface area contributed by atoms with Crippen LogP contribution in [-0.2, 0) is 11.2 Å². The fourth-order valence-electron chi connectivity index (χ4n) is 1.81. The minimum atomic E-state index is -0.0616. The average Bonchev–Trinajstić information content (AvgIpc) is 2.46. The Morgan fingerprint density at radius 3 is 2.45 bits per heavy atom. The lowest BCUT2D eigenvalue weighted by Crippen LogP contribution is -2.05. The van der Waals surface area contributed by atoms with Crippen LogP contribution in [0.4, 0.5) is 5.69 Å². The number of carbonyl (C=O) groups is 1. The lowest BCUT2D eigenvalue weighted by molar-refractivity contribution is -0.114. The predicted octanol–water partition coefficient (Wildman–Crippen LogP) is 3.77. The number of hydrogen-bond donors (Lipinski definition) is 1. The van der Waals surface area contributed by atoms with E-state index in [2.05, 4.69) is 23.3 Å². The number of aromatic nitrogens is 1. The number of rotatable bonds is 4. The molecule has 1 heterocycles. The topological polar surface area (TPSA) is 42.0 Å². The molecule has 3 heteroatoms. The highest BCUT2D eigenvalue weighted by atomic mass is 16.1. The summed E-state index contributed by atoms with van der Waals surface area (Å²) in [5.41, 5.74) is 4.05. The second-order valence-electron chi connectivity index (χ2n) is 4.58. The molecule has 0 unspecified atom stereocenters. The minimum Gasteiger partial charge on any atom is -0.326 e.